The first kappa shape index (κ1) is 14.2. The monoisotopic (exact) mass is 349 g/mol. The van der Waals surface area contributed by atoms with Crippen molar-refractivity contribution in [2.75, 3.05) is 0 Å². The van der Waals surface area contributed by atoms with E-state index >= 15 is 0 Å². The van der Waals surface area contributed by atoms with Crippen LogP contribution in [0.1, 0.15) is 5.56 Å². The molecule has 2 rings (SSSR count). The zero-order valence-corrected chi connectivity index (χ0v) is 11.8. The van der Waals surface area contributed by atoms with Crippen LogP contribution in [0.15, 0.2) is 45.9 Å². The molecule has 0 aliphatic carbocycles. The molecule has 0 saturated heterocycles. The minimum atomic E-state index is -4.40. The molecule has 1 aromatic heterocycles. The number of halogens is 4. The van der Waals surface area contributed by atoms with Crippen molar-refractivity contribution in [3.8, 4) is 11.6 Å². The highest BCUT2D eigenvalue weighted by molar-refractivity contribution is 9.10. The van der Waals surface area contributed by atoms with Crippen LogP contribution >= 0.6 is 28.6 Å². The molecule has 19 heavy (non-hydrogen) atoms. The summed E-state index contributed by atoms with van der Waals surface area (Å²) in [5, 5.41) is 0. The fourth-order valence-electron chi connectivity index (χ4n) is 1.34. The average molecular weight is 350 g/mol. The summed E-state index contributed by atoms with van der Waals surface area (Å²) in [4.78, 5) is 4.28. The van der Waals surface area contributed by atoms with Gasteiger partial charge >= 0.3 is 6.18 Å². The zero-order chi connectivity index (χ0) is 14.0. The van der Waals surface area contributed by atoms with E-state index in [0.717, 1.165) is 16.7 Å². The first-order valence-electron chi connectivity index (χ1n) is 5.05. The number of hydrogen-bond acceptors (Lipinski definition) is 3. The predicted molar refractivity (Wildman–Crippen MR) is 70.7 cm³/mol. The molecule has 0 N–H and O–H groups in total. The van der Waals surface area contributed by atoms with Crippen molar-refractivity contribution in [2.24, 2.45) is 0 Å². The fourth-order valence-corrected chi connectivity index (χ4v) is 2.25. The van der Waals surface area contributed by atoms with Gasteiger partial charge in [-0.1, -0.05) is 15.9 Å². The standard InChI is InChI=1S/C12H7BrF3NOS/c13-8-3-9(5-10(19)4-8)18-11-2-1-7(6-17-11)12(14,15)16/h1-6,19H. The molecule has 0 atom stereocenters. The van der Waals surface area contributed by atoms with Crippen LogP contribution in [0.5, 0.6) is 11.6 Å². The van der Waals surface area contributed by atoms with Crippen molar-refractivity contribution < 1.29 is 17.9 Å². The number of alkyl halides is 3. The molecule has 0 amide bonds. The third kappa shape index (κ3) is 3.87. The molecule has 0 saturated carbocycles. The Bertz CT molecular complexity index is 566. The third-order valence-electron chi connectivity index (χ3n) is 2.14. The number of hydrogen-bond donors (Lipinski definition) is 1. The van der Waals surface area contributed by atoms with Gasteiger partial charge in [0.2, 0.25) is 5.88 Å². The van der Waals surface area contributed by atoms with E-state index in [9.17, 15) is 13.2 Å². The van der Waals surface area contributed by atoms with Crippen molar-refractivity contribution in [2.45, 2.75) is 11.1 Å². The van der Waals surface area contributed by atoms with Gasteiger partial charge in [-0.05, 0) is 24.3 Å². The molecule has 0 fully saturated rings. The van der Waals surface area contributed by atoms with E-state index in [0.29, 0.717) is 10.6 Å². The van der Waals surface area contributed by atoms with E-state index < -0.39 is 11.7 Å². The number of pyridine rings is 1. The lowest BCUT2D eigenvalue weighted by molar-refractivity contribution is -0.137. The molecule has 0 spiro atoms. The summed E-state index contributed by atoms with van der Waals surface area (Å²) in [5.41, 5.74) is -0.816. The van der Waals surface area contributed by atoms with Crippen LogP contribution in [0.4, 0.5) is 13.2 Å². The Hall–Kier alpha value is -1.21. The normalized spacial score (nSPS) is 11.4. The van der Waals surface area contributed by atoms with Gasteiger partial charge in [-0.25, -0.2) is 4.98 Å². The van der Waals surface area contributed by atoms with Crippen LogP contribution in [0.2, 0.25) is 0 Å². The molecular formula is C12H7BrF3NOS. The second kappa shape index (κ2) is 5.42. The highest BCUT2D eigenvalue weighted by Gasteiger charge is 2.30. The van der Waals surface area contributed by atoms with E-state index in [1.165, 1.54) is 6.07 Å². The maximum absolute atomic E-state index is 12.4. The summed E-state index contributed by atoms with van der Waals surface area (Å²) in [7, 11) is 0. The Kier molecular flexibility index (Phi) is 4.05. The predicted octanol–water partition coefficient (Wildman–Crippen LogP) is 4.94. The van der Waals surface area contributed by atoms with Crippen LogP contribution in [0, 0.1) is 0 Å². The number of benzene rings is 1. The van der Waals surface area contributed by atoms with E-state index in [2.05, 4.69) is 33.5 Å². The first-order valence-corrected chi connectivity index (χ1v) is 6.29. The Morgan fingerprint density at radius 1 is 1.16 bits per heavy atom. The van der Waals surface area contributed by atoms with E-state index in [1.807, 2.05) is 0 Å². The maximum atomic E-state index is 12.4. The Labute approximate surface area is 121 Å². The molecule has 0 unspecified atom stereocenters. The molecule has 0 radical (unpaired) electrons. The maximum Gasteiger partial charge on any atom is 0.417 e. The highest BCUT2D eigenvalue weighted by atomic mass is 79.9. The second-order valence-electron chi connectivity index (χ2n) is 3.63. The van der Waals surface area contributed by atoms with Crippen molar-refractivity contribution in [1.82, 2.24) is 4.98 Å². The Balaban J connectivity index is 2.20. The molecule has 2 aromatic rings. The molecule has 0 aliphatic heterocycles. The van der Waals surface area contributed by atoms with E-state index in [1.54, 1.807) is 18.2 Å². The second-order valence-corrected chi connectivity index (χ2v) is 5.06. The molecule has 0 aliphatic rings. The smallest absolute Gasteiger partial charge is 0.417 e. The molecular weight excluding hydrogens is 343 g/mol. The van der Waals surface area contributed by atoms with Gasteiger partial charge < -0.3 is 4.74 Å². The minimum Gasteiger partial charge on any atom is -0.439 e. The van der Waals surface area contributed by atoms with Crippen LogP contribution in [0.25, 0.3) is 0 Å². The average Bonchev–Trinajstić information content (AvgIpc) is 2.26. The quantitative estimate of drug-likeness (QED) is 0.775. The molecule has 1 heterocycles. The highest BCUT2D eigenvalue weighted by Crippen LogP contribution is 2.31. The van der Waals surface area contributed by atoms with Gasteiger partial charge in [-0.2, -0.15) is 13.2 Å². The van der Waals surface area contributed by atoms with Crippen LogP contribution in [-0.4, -0.2) is 4.98 Å². The summed E-state index contributed by atoms with van der Waals surface area (Å²) < 4.78 is 43.2. The van der Waals surface area contributed by atoms with Crippen molar-refractivity contribution >= 4 is 28.6 Å². The molecule has 0 bridgehead atoms. The summed E-state index contributed by atoms with van der Waals surface area (Å²) in [6.45, 7) is 0. The molecule has 7 heteroatoms. The van der Waals surface area contributed by atoms with Crippen molar-refractivity contribution in [1.29, 1.82) is 0 Å². The summed E-state index contributed by atoms with van der Waals surface area (Å²) >= 11 is 7.43. The Morgan fingerprint density at radius 2 is 1.89 bits per heavy atom. The zero-order valence-electron chi connectivity index (χ0n) is 9.28. The fraction of sp³-hybridized carbons (Fsp3) is 0.0833. The SMILES string of the molecule is FC(F)(F)c1ccc(Oc2cc(S)cc(Br)c2)nc1. The summed E-state index contributed by atoms with van der Waals surface area (Å²) in [6.07, 6.45) is -3.67. The lowest BCUT2D eigenvalue weighted by Crippen LogP contribution is -2.05. The molecule has 100 valence electrons. The van der Waals surface area contributed by atoms with Gasteiger partial charge in [-0.3, -0.25) is 0 Å². The number of thiol groups is 1. The van der Waals surface area contributed by atoms with Gasteiger partial charge in [0.05, 0.1) is 5.56 Å². The summed E-state index contributed by atoms with van der Waals surface area (Å²) in [6, 6.07) is 7.15. The van der Waals surface area contributed by atoms with Crippen LogP contribution < -0.4 is 4.74 Å². The number of rotatable bonds is 2. The summed E-state index contributed by atoms with van der Waals surface area (Å²) in [5.74, 6) is 0.519. The number of ether oxygens (including phenoxy) is 1. The first-order chi connectivity index (χ1) is 8.84. The van der Waals surface area contributed by atoms with Crippen LogP contribution in [-0.2, 0) is 6.18 Å². The topological polar surface area (TPSA) is 22.1 Å². The largest absolute Gasteiger partial charge is 0.439 e. The number of nitrogens with zero attached hydrogens (tertiary/aromatic N) is 1. The Morgan fingerprint density at radius 3 is 2.42 bits per heavy atom. The van der Waals surface area contributed by atoms with E-state index in [4.69, 9.17) is 4.74 Å². The van der Waals surface area contributed by atoms with Gasteiger partial charge in [0.1, 0.15) is 5.75 Å². The van der Waals surface area contributed by atoms with Crippen LogP contribution in [0.3, 0.4) is 0 Å². The third-order valence-corrected chi connectivity index (χ3v) is 2.86. The van der Waals surface area contributed by atoms with Gasteiger partial charge in [0, 0.05) is 21.6 Å². The lowest BCUT2D eigenvalue weighted by atomic mass is 10.3. The number of aromatic nitrogens is 1. The van der Waals surface area contributed by atoms with E-state index in [-0.39, 0.29) is 5.88 Å². The van der Waals surface area contributed by atoms with Crippen molar-refractivity contribution in [3.63, 3.8) is 0 Å². The minimum absolute atomic E-state index is 0.0823. The van der Waals surface area contributed by atoms with Gasteiger partial charge in [0.15, 0.2) is 0 Å². The lowest BCUT2D eigenvalue weighted by Gasteiger charge is -2.08. The van der Waals surface area contributed by atoms with Gasteiger partial charge in [-0.15, -0.1) is 12.6 Å². The molecule has 2 nitrogen and oxygen atoms in total. The molecule has 1 aromatic carbocycles. The van der Waals surface area contributed by atoms with Crippen molar-refractivity contribution in [3.05, 3.63) is 46.6 Å². The van der Waals surface area contributed by atoms with Gasteiger partial charge in [0.25, 0.3) is 0 Å².